The van der Waals surface area contributed by atoms with Gasteiger partial charge in [0.05, 0.1) is 5.56 Å². The molecule has 2 rings (SSSR count). The van der Waals surface area contributed by atoms with Gasteiger partial charge in [-0.15, -0.1) is 0 Å². The molecule has 0 aliphatic rings. The Balaban J connectivity index is 1.76. The summed E-state index contributed by atoms with van der Waals surface area (Å²) < 4.78 is 4.96. The third-order valence-electron chi connectivity index (χ3n) is 3.59. The summed E-state index contributed by atoms with van der Waals surface area (Å²) in [5.74, 6) is -0.781. The van der Waals surface area contributed by atoms with E-state index in [2.05, 4.69) is 5.32 Å². The lowest BCUT2D eigenvalue weighted by molar-refractivity contribution is -0.124. The van der Waals surface area contributed by atoms with E-state index in [1.807, 2.05) is 37.3 Å². The Hall–Kier alpha value is -2.95. The van der Waals surface area contributed by atoms with E-state index < -0.39 is 5.97 Å². The Labute approximate surface area is 140 Å². The Morgan fingerprint density at radius 2 is 1.75 bits per heavy atom. The second-order valence-corrected chi connectivity index (χ2v) is 5.43. The van der Waals surface area contributed by atoms with E-state index in [1.54, 1.807) is 0 Å². The van der Waals surface area contributed by atoms with Gasteiger partial charge in [-0.3, -0.25) is 9.59 Å². The number of ether oxygens (including phenoxy) is 1. The maximum absolute atomic E-state index is 11.8. The average Bonchev–Trinajstić information content (AvgIpc) is 2.64. The molecule has 0 saturated carbocycles. The second-order valence-electron chi connectivity index (χ2n) is 5.43. The monoisotopic (exact) mass is 325 g/mol. The van der Waals surface area contributed by atoms with Gasteiger partial charge in [0.15, 0.2) is 6.61 Å². The quantitative estimate of drug-likeness (QED) is 0.627. The molecule has 5 heteroatoms. The van der Waals surface area contributed by atoms with Gasteiger partial charge >= 0.3 is 5.97 Å². The van der Waals surface area contributed by atoms with E-state index in [9.17, 15) is 14.4 Å². The predicted molar refractivity (Wildman–Crippen MR) is 90.0 cm³/mol. The number of benzene rings is 2. The molecule has 2 aromatic rings. The Morgan fingerprint density at radius 3 is 2.38 bits per heavy atom. The highest BCUT2D eigenvalue weighted by molar-refractivity contribution is 5.92. The second kappa shape index (κ2) is 8.62. The SMILES string of the molecule is C[C@H](CNC(=O)COC(=O)c1ccc(C=O)cc1)c1ccccc1. The molecule has 0 saturated heterocycles. The van der Waals surface area contributed by atoms with E-state index in [0.29, 0.717) is 24.0 Å². The number of aldehydes is 1. The summed E-state index contributed by atoms with van der Waals surface area (Å²) in [4.78, 5) is 34.2. The van der Waals surface area contributed by atoms with Gasteiger partial charge in [0.25, 0.3) is 5.91 Å². The lowest BCUT2D eigenvalue weighted by Gasteiger charge is -2.13. The number of carbonyl (C=O) groups excluding carboxylic acids is 3. The summed E-state index contributed by atoms with van der Waals surface area (Å²) in [7, 11) is 0. The molecule has 0 radical (unpaired) electrons. The first-order valence-electron chi connectivity index (χ1n) is 7.64. The molecule has 0 heterocycles. The van der Waals surface area contributed by atoms with Crippen LogP contribution in [-0.4, -0.2) is 31.3 Å². The standard InChI is InChI=1S/C19H19NO4/c1-14(16-5-3-2-4-6-16)11-20-18(22)13-24-19(23)17-9-7-15(12-21)8-10-17/h2-10,12,14H,11,13H2,1H3,(H,20,22)/t14-/m1/s1. The Bertz CT molecular complexity index is 695. The van der Waals surface area contributed by atoms with Crippen molar-refractivity contribution >= 4 is 18.2 Å². The summed E-state index contributed by atoms with van der Waals surface area (Å²) in [5.41, 5.74) is 1.90. The minimum Gasteiger partial charge on any atom is -0.452 e. The summed E-state index contributed by atoms with van der Waals surface area (Å²) >= 11 is 0. The minimum atomic E-state index is -0.598. The fraction of sp³-hybridized carbons (Fsp3) is 0.211. The molecule has 1 amide bonds. The topological polar surface area (TPSA) is 72.5 Å². The number of amides is 1. The van der Waals surface area contributed by atoms with Gasteiger partial charge in [0, 0.05) is 12.1 Å². The first-order valence-corrected chi connectivity index (χ1v) is 7.64. The normalized spacial score (nSPS) is 11.4. The van der Waals surface area contributed by atoms with E-state index >= 15 is 0 Å². The molecule has 0 aliphatic heterocycles. The van der Waals surface area contributed by atoms with Crippen LogP contribution in [0.1, 0.15) is 39.1 Å². The molecular weight excluding hydrogens is 306 g/mol. The lowest BCUT2D eigenvalue weighted by Crippen LogP contribution is -2.31. The molecule has 1 atom stereocenters. The predicted octanol–water partition coefficient (Wildman–Crippen LogP) is 2.58. The number of hydrogen-bond donors (Lipinski definition) is 1. The molecule has 1 N–H and O–H groups in total. The van der Waals surface area contributed by atoms with Crippen molar-refractivity contribution in [2.24, 2.45) is 0 Å². The first-order chi connectivity index (χ1) is 11.6. The molecule has 124 valence electrons. The smallest absolute Gasteiger partial charge is 0.338 e. The van der Waals surface area contributed by atoms with Gasteiger partial charge in [-0.1, -0.05) is 49.4 Å². The van der Waals surface area contributed by atoms with E-state index in [1.165, 1.54) is 24.3 Å². The van der Waals surface area contributed by atoms with Crippen LogP contribution in [0.5, 0.6) is 0 Å². The van der Waals surface area contributed by atoms with E-state index in [-0.39, 0.29) is 18.4 Å². The van der Waals surface area contributed by atoms with Crippen LogP contribution < -0.4 is 5.32 Å². The Morgan fingerprint density at radius 1 is 1.08 bits per heavy atom. The molecule has 5 nitrogen and oxygen atoms in total. The first kappa shape index (κ1) is 17.4. The number of esters is 1. The number of hydrogen-bond acceptors (Lipinski definition) is 4. The summed E-state index contributed by atoms with van der Waals surface area (Å²) in [6, 6.07) is 15.9. The summed E-state index contributed by atoms with van der Waals surface area (Å²) in [5, 5.41) is 2.74. The summed E-state index contributed by atoms with van der Waals surface area (Å²) in [6.07, 6.45) is 0.691. The van der Waals surface area contributed by atoms with Gasteiger partial charge in [-0.25, -0.2) is 4.79 Å². The van der Waals surface area contributed by atoms with Gasteiger partial charge < -0.3 is 10.1 Å². The summed E-state index contributed by atoms with van der Waals surface area (Å²) in [6.45, 7) is 2.14. The van der Waals surface area contributed by atoms with Gasteiger partial charge in [0.2, 0.25) is 0 Å². The number of nitrogens with one attached hydrogen (secondary N) is 1. The molecule has 2 aromatic carbocycles. The highest BCUT2D eigenvalue weighted by Crippen LogP contribution is 2.12. The molecule has 0 fully saturated rings. The maximum atomic E-state index is 11.8. The van der Waals surface area contributed by atoms with Crippen LogP contribution in [-0.2, 0) is 9.53 Å². The Kier molecular flexibility index (Phi) is 6.25. The van der Waals surface area contributed by atoms with Crippen molar-refractivity contribution in [1.29, 1.82) is 0 Å². The van der Waals surface area contributed by atoms with Crippen LogP contribution in [0.15, 0.2) is 54.6 Å². The molecule has 0 spiro atoms. The zero-order valence-corrected chi connectivity index (χ0v) is 13.4. The maximum Gasteiger partial charge on any atom is 0.338 e. The molecule has 0 unspecified atom stereocenters. The molecule has 0 aliphatic carbocycles. The van der Waals surface area contributed by atoms with E-state index in [4.69, 9.17) is 4.74 Å². The average molecular weight is 325 g/mol. The minimum absolute atomic E-state index is 0.168. The fourth-order valence-electron chi connectivity index (χ4n) is 2.13. The van der Waals surface area contributed by atoms with Crippen molar-refractivity contribution in [3.63, 3.8) is 0 Å². The van der Waals surface area contributed by atoms with Gasteiger partial charge in [0.1, 0.15) is 6.29 Å². The fourth-order valence-corrected chi connectivity index (χ4v) is 2.13. The highest BCUT2D eigenvalue weighted by Gasteiger charge is 2.11. The van der Waals surface area contributed by atoms with Crippen molar-refractivity contribution < 1.29 is 19.1 Å². The van der Waals surface area contributed by atoms with Crippen LogP contribution in [0.25, 0.3) is 0 Å². The van der Waals surface area contributed by atoms with Crippen molar-refractivity contribution in [3.8, 4) is 0 Å². The van der Waals surface area contributed by atoms with E-state index in [0.717, 1.165) is 5.56 Å². The van der Waals surface area contributed by atoms with Crippen molar-refractivity contribution in [1.82, 2.24) is 5.32 Å². The number of carbonyl (C=O) groups is 3. The van der Waals surface area contributed by atoms with Gasteiger partial charge in [-0.2, -0.15) is 0 Å². The van der Waals surface area contributed by atoms with Crippen molar-refractivity contribution in [2.75, 3.05) is 13.2 Å². The van der Waals surface area contributed by atoms with Crippen LogP contribution in [0.4, 0.5) is 0 Å². The molecular formula is C19H19NO4. The third-order valence-corrected chi connectivity index (χ3v) is 3.59. The molecule has 24 heavy (non-hydrogen) atoms. The third kappa shape index (κ3) is 5.05. The van der Waals surface area contributed by atoms with Crippen LogP contribution in [0.2, 0.25) is 0 Å². The lowest BCUT2D eigenvalue weighted by atomic mass is 10.0. The van der Waals surface area contributed by atoms with Crippen LogP contribution in [0.3, 0.4) is 0 Å². The van der Waals surface area contributed by atoms with Gasteiger partial charge in [-0.05, 0) is 23.6 Å². The van der Waals surface area contributed by atoms with Crippen molar-refractivity contribution in [2.45, 2.75) is 12.8 Å². The zero-order chi connectivity index (χ0) is 17.4. The zero-order valence-electron chi connectivity index (χ0n) is 13.4. The van der Waals surface area contributed by atoms with Crippen LogP contribution >= 0.6 is 0 Å². The largest absolute Gasteiger partial charge is 0.452 e. The van der Waals surface area contributed by atoms with Crippen LogP contribution in [0, 0.1) is 0 Å². The molecule has 0 aromatic heterocycles. The number of rotatable bonds is 7. The van der Waals surface area contributed by atoms with Crippen molar-refractivity contribution in [3.05, 3.63) is 71.3 Å². The molecule has 0 bridgehead atoms. The highest BCUT2D eigenvalue weighted by atomic mass is 16.5.